The monoisotopic (exact) mass is 538 g/mol. The van der Waals surface area contributed by atoms with Crippen LogP contribution < -0.4 is 19.1 Å². The van der Waals surface area contributed by atoms with Crippen molar-refractivity contribution >= 4 is 38.9 Å². The molecule has 1 amide bonds. The highest BCUT2D eigenvalue weighted by molar-refractivity contribution is 7.87. The van der Waals surface area contributed by atoms with Crippen molar-refractivity contribution < 1.29 is 37.0 Å². The first-order valence-corrected chi connectivity index (χ1v) is 13.3. The Balaban J connectivity index is 1.97. The summed E-state index contributed by atoms with van der Waals surface area (Å²) in [6.45, 7) is 7.76. The number of nitrogens with one attached hydrogen (secondary N) is 1. The van der Waals surface area contributed by atoms with Gasteiger partial charge in [-0.1, -0.05) is 0 Å². The lowest BCUT2D eigenvalue weighted by Gasteiger charge is -2.27. The Morgan fingerprint density at radius 1 is 1.05 bits per heavy atom. The minimum atomic E-state index is -4.14. The number of hydrogen-bond donors (Lipinski definition) is 1. The largest absolute Gasteiger partial charge is 0.493 e. The second kappa shape index (κ2) is 11.4. The zero-order valence-corrected chi connectivity index (χ0v) is 22.8. The van der Waals surface area contributed by atoms with Crippen molar-refractivity contribution in [2.75, 3.05) is 51.9 Å². The van der Waals surface area contributed by atoms with E-state index in [-0.39, 0.29) is 31.8 Å². The fourth-order valence-corrected chi connectivity index (χ4v) is 5.10. The van der Waals surface area contributed by atoms with E-state index < -0.39 is 27.9 Å². The summed E-state index contributed by atoms with van der Waals surface area (Å²) in [6, 6.07) is 3.45. The first kappa shape index (κ1) is 28.3. The Labute approximate surface area is 217 Å². The van der Waals surface area contributed by atoms with Gasteiger partial charge < -0.3 is 23.8 Å². The summed E-state index contributed by atoms with van der Waals surface area (Å²) in [4.78, 5) is 31.3. The molecule has 0 bridgehead atoms. The highest BCUT2D eigenvalue weighted by Crippen LogP contribution is 2.38. The quantitative estimate of drug-likeness (QED) is 0.524. The van der Waals surface area contributed by atoms with Crippen molar-refractivity contribution in [1.82, 2.24) is 14.0 Å². The molecule has 37 heavy (non-hydrogen) atoms. The summed E-state index contributed by atoms with van der Waals surface area (Å²) in [7, 11) is -1.11. The lowest BCUT2D eigenvalue weighted by molar-refractivity contribution is 0.0523. The van der Waals surface area contributed by atoms with Crippen LogP contribution in [0.5, 0.6) is 11.5 Å². The number of esters is 1. The number of pyridine rings is 1. The van der Waals surface area contributed by atoms with Crippen LogP contribution >= 0.6 is 0 Å². The Morgan fingerprint density at radius 3 is 2.35 bits per heavy atom. The van der Waals surface area contributed by atoms with E-state index in [1.54, 1.807) is 39.8 Å². The second-order valence-corrected chi connectivity index (χ2v) is 11.0. The minimum Gasteiger partial charge on any atom is -0.493 e. The van der Waals surface area contributed by atoms with Crippen molar-refractivity contribution in [3.05, 3.63) is 23.9 Å². The Kier molecular flexibility index (Phi) is 8.69. The van der Waals surface area contributed by atoms with E-state index in [0.717, 1.165) is 0 Å². The average molecular weight is 539 g/mol. The fraction of sp³-hybridized carbons (Fsp3) is 0.542. The van der Waals surface area contributed by atoms with Crippen LogP contribution in [-0.2, 0) is 19.7 Å². The highest BCUT2D eigenvalue weighted by atomic mass is 32.2. The minimum absolute atomic E-state index is 0.0670. The molecule has 1 aliphatic rings. The van der Waals surface area contributed by atoms with E-state index in [2.05, 4.69) is 4.98 Å². The third-order valence-electron chi connectivity index (χ3n) is 5.56. The normalized spacial score (nSPS) is 15.1. The van der Waals surface area contributed by atoms with Crippen molar-refractivity contribution in [3.8, 4) is 11.5 Å². The standard InChI is InChI=1S/C24H34N4O8S/c1-7-35-22(29)17-15-25-18-14-20(34-6)19(33-5)13-16(18)21(17)27-9-8-10-28(12-11-27)37(31,32)26-23(30)36-24(2,3)4/h13-15H,7-12H2,1-6H3,(H,26,30). The molecule has 0 radical (unpaired) electrons. The van der Waals surface area contributed by atoms with E-state index >= 15 is 0 Å². The summed E-state index contributed by atoms with van der Waals surface area (Å²) in [6.07, 6.45) is 0.846. The summed E-state index contributed by atoms with van der Waals surface area (Å²) in [5.41, 5.74) is 0.541. The molecule has 0 spiro atoms. The van der Waals surface area contributed by atoms with E-state index in [0.29, 0.717) is 41.1 Å². The maximum Gasteiger partial charge on any atom is 0.422 e. The highest BCUT2D eigenvalue weighted by Gasteiger charge is 2.31. The lowest BCUT2D eigenvalue weighted by atomic mass is 10.1. The molecule has 12 nitrogen and oxygen atoms in total. The summed E-state index contributed by atoms with van der Waals surface area (Å²) in [5.74, 6) is 0.403. The molecule has 0 aliphatic carbocycles. The first-order valence-electron chi connectivity index (χ1n) is 11.9. The van der Waals surface area contributed by atoms with Gasteiger partial charge in [-0.15, -0.1) is 0 Å². The van der Waals surface area contributed by atoms with Crippen molar-refractivity contribution in [2.45, 2.75) is 39.7 Å². The van der Waals surface area contributed by atoms with E-state index in [4.69, 9.17) is 18.9 Å². The molecule has 13 heteroatoms. The molecule has 2 aromatic rings. The van der Waals surface area contributed by atoms with Crippen LogP contribution in [0.4, 0.5) is 10.5 Å². The van der Waals surface area contributed by atoms with Crippen molar-refractivity contribution in [1.29, 1.82) is 0 Å². The number of benzene rings is 1. The molecule has 1 aromatic carbocycles. The van der Waals surface area contributed by atoms with E-state index in [1.807, 2.05) is 9.62 Å². The number of hydrogen-bond acceptors (Lipinski definition) is 10. The molecule has 0 saturated carbocycles. The molecule has 3 rings (SSSR count). The molecular weight excluding hydrogens is 504 g/mol. The molecule has 0 unspecified atom stereocenters. The zero-order chi connectivity index (χ0) is 27.4. The van der Waals surface area contributed by atoms with Gasteiger partial charge in [0.05, 0.1) is 32.0 Å². The van der Waals surface area contributed by atoms with E-state index in [1.165, 1.54) is 24.7 Å². The third kappa shape index (κ3) is 6.72. The SMILES string of the molecule is CCOC(=O)c1cnc2cc(OC)c(OC)cc2c1N1CCCN(S(=O)(=O)NC(=O)OC(C)(C)C)CC1. The van der Waals surface area contributed by atoms with Crippen LogP contribution in [0.3, 0.4) is 0 Å². The van der Waals surface area contributed by atoms with Crippen LogP contribution in [0.2, 0.25) is 0 Å². The average Bonchev–Trinajstić information content (AvgIpc) is 3.07. The number of nitrogens with zero attached hydrogens (tertiary/aromatic N) is 3. The molecule has 2 heterocycles. The molecule has 0 atom stereocenters. The van der Waals surface area contributed by atoms with Crippen molar-refractivity contribution in [2.24, 2.45) is 0 Å². The van der Waals surface area contributed by atoms with Crippen LogP contribution in [0.25, 0.3) is 10.9 Å². The fourth-order valence-electron chi connectivity index (χ4n) is 4.03. The Morgan fingerprint density at radius 2 is 1.73 bits per heavy atom. The van der Waals surface area contributed by atoms with Gasteiger partial charge in [0.1, 0.15) is 11.2 Å². The van der Waals surface area contributed by atoms with Gasteiger partial charge in [0.15, 0.2) is 11.5 Å². The first-order chi connectivity index (χ1) is 17.4. The number of rotatable bonds is 7. The predicted molar refractivity (Wildman–Crippen MR) is 137 cm³/mol. The Bertz CT molecular complexity index is 1260. The van der Waals surface area contributed by atoms with Gasteiger partial charge in [0, 0.05) is 43.8 Å². The van der Waals surface area contributed by atoms with Crippen LogP contribution in [0, 0.1) is 0 Å². The van der Waals surface area contributed by atoms with Gasteiger partial charge in [0.2, 0.25) is 0 Å². The van der Waals surface area contributed by atoms with Gasteiger partial charge >= 0.3 is 22.3 Å². The number of anilines is 1. The molecule has 1 aromatic heterocycles. The van der Waals surface area contributed by atoms with Crippen LogP contribution in [0.15, 0.2) is 18.3 Å². The maximum atomic E-state index is 12.9. The van der Waals surface area contributed by atoms with Gasteiger partial charge in [-0.05, 0) is 40.2 Å². The number of carbonyl (C=O) groups excluding carboxylic acids is 2. The Hall–Kier alpha value is -3.32. The summed E-state index contributed by atoms with van der Waals surface area (Å²) < 4.78 is 50.2. The number of ether oxygens (including phenoxy) is 4. The molecule has 1 saturated heterocycles. The molecule has 204 valence electrons. The molecule has 1 N–H and O–H groups in total. The van der Waals surface area contributed by atoms with Gasteiger partial charge in [-0.25, -0.2) is 14.3 Å². The molecular formula is C24H34N4O8S. The second-order valence-electron chi connectivity index (χ2n) is 9.31. The summed E-state index contributed by atoms with van der Waals surface area (Å²) in [5, 5.41) is 0.631. The third-order valence-corrected chi connectivity index (χ3v) is 7.03. The molecule has 1 aliphatic heterocycles. The lowest BCUT2D eigenvalue weighted by Crippen LogP contribution is -2.46. The number of amides is 1. The number of fused-ring (bicyclic) bond motifs is 1. The maximum absolute atomic E-state index is 12.9. The van der Waals surface area contributed by atoms with Gasteiger partial charge in [-0.3, -0.25) is 4.98 Å². The summed E-state index contributed by atoms with van der Waals surface area (Å²) >= 11 is 0. The van der Waals surface area contributed by atoms with Crippen molar-refractivity contribution in [3.63, 3.8) is 0 Å². The van der Waals surface area contributed by atoms with E-state index in [9.17, 15) is 18.0 Å². The van der Waals surface area contributed by atoms with Crippen LogP contribution in [-0.4, -0.2) is 82.4 Å². The van der Waals surface area contributed by atoms with Crippen LogP contribution in [0.1, 0.15) is 44.5 Å². The zero-order valence-electron chi connectivity index (χ0n) is 22.0. The molecule has 1 fully saturated rings. The smallest absolute Gasteiger partial charge is 0.422 e. The predicted octanol–water partition coefficient (Wildman–Crippen LogP) is 2.71. The topological polar surface area (TPSA) is 137 Å². The number of carbonyl (C=O) groups is 2. The van der Waals surface area contributed by atoms with Gasteiger partial charge in [0.25, 0.3) is 0 Å². The van der Waals surface area contributed by atoms with Gasteiger partial charge in [-0.2, -0.15) is 12.7 Å². The number of aromatic nitrogens is 1. The number of methoxy groups -OCH3 is 2.